The van der Waals surface area contributed by atoms with Crippen molar-refractivity contribution < 1.29 is 9.72 Å². The summed E-state index contributed by atoms with van der Waals surface area (Å²) in [7, 11) is 0. The Morgan fingerprint density at radius 3 is 2.61 bits per heavy atom. The van der Waals surface area contributed by atoms with Gasteiger partial charge in [0.05, 0.1) is 4.92 Å². The highest BCUT2D eigenvalue weighted by Crippen LogP contribution is 2.28. The number of nitrogens with zero attached hydrogens (tertiary/aromatic N) is 2. The minimum Gasteiger partial charge on any atom is -0.339 e. The van der Waals surface area contributed by atoms with Crippen LogP contribution in [0.1, 0.15) is 41.6 Å². The van der Waals surface area contributed by atoms with Gasteiger partial charge in [-0.05, 0) is 51.1 Å². The Bertz CT molecular complexity index is 605. The van der Waals surface area contributed by atoms with Crippen LogP contribution in [0.5, 0.6) is 0 Å². The molecule has 1 aliphatic heterocycles. The highest BCUT2D eigenvalue weighted by Gasteiger charge is 2.28. The van der Waals surface area contributed by atoms with Crippen LogP contribution in [0.4, 0.5) is 5.69 Å². The van der Waals surface area contributed by atoms with Crippen LogP contribution in [-0.2, 0) is 0 Å². The van der Waals surface area contributed by atoms with Gasteiger partial charge >= 0.3 is 0 Å². The van der Waals surface area contributed by atoms with Gasteiger partial charge in [0.2, 0.25) is 0 Å². The second-order valence-electron chi connectivity index (χ2n) is 6.62. The Hall–Kier alpha value is -1.95. The minimum absolute atomic E-state index is 0.0110. The number of carbonyl (C=O) groups is 1. The Labute approximate surface area is 136 Å². The van der Waals surface area contributed by atoms with Crippen LogP contribution in [0.2, 0.25) is 0 Å². The molecule has 1 aliphatic carbocycles. The van der Waals surface area contributed by atoms with Crippen LogP contribution in [0.3, 0.4) is 0 Å². The first-order valence-corrected chi connectivity index (χ1v) is 8.33. The van der Waals surface area contributed by atoms with Gasteiger partial charge in [0.15, 0.2) is 0 Å². The average Bonchev–Trinajstić information content (AvgIpc) is 3.37. The largest absolute Gasteiger partial charge is 0.339 e. The molecule has 1 N–H and O–H groups in total. The van der Waals surface area contributed by atoms with E-state index in [1.807, 2.05) is 4.90 Å². The van der Waals surface area contributed by atoms with Gasteiger partial charge in [0.25, 0.3) is 11.6 Å². The number of likely N-dealkylation sites (tertiary alicyclic amines) is 1. The Kier molecular flexibility index (Phi) is 4.61. The Morgan fingerprint density at radius 2 is 2.00 bits per heavy atom. The van der Waals surface area contributed by atoms with E-state index in [0.29, 0.717) is 30.3 Å². The maximum atomic E-state index is 12.7. The molecule has 1 heterocycles. The number of amides is 1. The number of benzene rings is 1. The number of rotatable bonds is 5. The molecule has 0 aromatic heterocycles. The molecule has 0 bridgehead atoms. The van der Waals surface area contributed by atoms with Crippen LogP contribution in [0.25, 0.3) is 0 Å². The summed E-state index contributed by atoms with van der Waals surface area (Å²) < 4.78 is 0. The van der Waals surface area contributed by atoms with E-state index in [1.54, 1.807) is 19.1 Å². The Morgan fingerprint density at radius 1 is 1.30 bits per heavy atom. The zero-order valence-corrected chi connectivity index (χ0v) is 13.5. The molecule has 0 spiro atoms. The van der Waals surface area contributed by atoms with Crippen LogP contribution in [0, 0.1) is 23.0 Å². The zero-order valence-electron chi connectivity index (χ0n) is 13.5. The fraction of sp³-hybridized carbons (Fsp3) is 0.588. The summed E-state index contributed by atoms with van der Waals surface area (Å²) >= 11 is 0. The summed E-state index contributed by atoms with van der Waals surface area (Å²) in [5.74, 6) is 0.772. The number of nitro groups is 1. The van der Waals surface area contributed by atoms with Gasteiger partial charge in [-0.25, -0.2) is 0 Å². The molecule has 1 amide bonds. The van der Waals surface area contributed by atoms with E-state index in [1.165, 1.54) is 18.9 Å². The van der Waals surface area contributed by atoms with E-state index in [9.17, 15) is 14.9 Å². The smallest absolute Gasteiger partial charge is 0.273 e. The molecule has 0 atom stereocenters. The molecule has 1 saturated heterocycles. The number of piperidine rings is 1. The van der Waals surface area contributed by atoms with Crippen LogP contribution >= 0.6 is 0 Å². The third kappa shape index (κ3) is 3.69. The van der Waals surface area contributed by atoms with Gasteiger partial charge in [-0.15, -0.1) is 0 Å². The second kappa shape index (κ2) is 6.66. The quantitative estimate of drug-likeness (QED) is 0.669. The third-order valence-electron chi connectivity index (χ3n) is 4.91. The molecule has 1 aromatic rings. The number of nitrogens with one attached hydrogen (secondary N) is 1. The fourth-order valence-corrected chi connectivity index (χ4v) is 3.17. The van der Waals surface area contributed by atoms with E-state index in [4.69, 9.17) is 0 Å². The van der Waals surface area contributed by atoms with Crippen molar-refractivity contribution in [3.05, 3.63) is 39.4 Å². The van der Waals surface area contributed by atoms with Gasteiger partial charge in [0, 0.05) is 36.3 Å². The van der Waals surface area contributed by atoms with E-state index < -0.39 is 4.92 Å². The molecule has 1 saturated carbocycles. The van der Waals surface area contributed by atoms with Crippen molar-refractivity contribution in [1.29, 1.82) is 0 Å². The summed E-state index contributed by atoms with van der Waals surface area (Å²) in [6, 6.07) is 5.20. The summed E-state index contributed by atoms with van der Waals surface area (Å²) in [6.07, 6.45) is 4.59. The lowest BCUT2D eigenvalue weighted by molar-refractivity contribution is -0.385. The first kappa shape index (κ1) is 15.9. The molecular weight excluding hydrogens is 294 g/mol. The standard InChI is InChI=1S/C17H23N3O3/c1-12-15(3-2-4-16(12)20(22)23)17(21)19-9-7-14(8-10-19)18-11-13-5-6-13/h2-4,13-14,18H,5-11H2,1H3. The lowest BCUT2D eigenvalue weighted by Crippen LogP contribution is -2.45. The van der Waals surface area contributed by atoms with Gasteiger partial charge in [0.1, 0.15) is 0 Å². The van der Waals surface area contributed by atoms with Crippen LogP contribution < -0.4 is 5.32 Å². The van der Waals surface area contributed by atoms with E-state index in [-0.39, 0.29) is 11.6 Å². The second-order valence-corrected chi connectivity index (χ2v) is 6.62. The van der Waals surface area contributed by atoms with E-state index >= 15 is 0 Å². The maximum absolute atomic E-state index is 12.7. The van der Waals surface area contributed by atoms with Crippen molar-refractivity contribution in [2.24, 2.45) is 5.92 Å². The van der Waals surface area contributed by atoms with Crippen molar-refractivity contribution in [3.63, 3.8) is 0 Å². The van der Waals surface area contributed by atoms with Gasteiger partial charge in [-0.2, -0.15) is 0 Å². The molecule has 2 aliphatic rings. The van der Waals surface area contributed by atoms with E-state index in [0.717, 1.165) is 25.3 Å². The lowest BCUT2D eigenvalue weighted by Gasteiger charge is -2.33. The first-order valence-electron chi connectivity index (χ1n) is 8.33. The predicted molar refractivity (Wildman–Crippen MR) is 87.5 cm³/mol. The fourth-order valence-electron chi connectivity index (χ4n) is 3.17. The number of hydrogen-bond acceptors (Lipinski definition) is 4. The first-order chi connectivity index (χ1) is 11.1. The molecule has 1 aromatic carbocycles. The summed E-state index contributed by atoms with van der Waals surface area (Å²) in [4.78, 5) is 25.1. The molecule has 0 unspecified atom stereocenters. The molecule has 0 radical (unpaired) electrons. The van der Waals surface area contributed by atoms with Crippen molar-refractivity contribution in [2.45, 2.75) is 38.6 Å². The number of nitro benzene ring substituents is 1. The minimum atomic E-state index is -0.430. The highest BCUT2D eigenvalue weighted by atomic mass is 16.6. The maximum Gasteiger partial charge on any atom is 0.273 e. The molecular formula is C17H23N3O3. The molecule has 23 heavy (non-hydrogen) atoms. The molecule has 3 rings (SSSR count). The van der Waals surface area contributed by atoms with Crippen molar-refractivity contribution >= 4 is 11.6 Å². The SMILES string of the molecule is Cc1c(C(=O)N2CCC(NCC3CC3)CC2)cccc1[N+](=O)[O-]. The normalized spacial score (nSPS) is 18.9. The molecule has 124 valence electrons. The van der Waals surface area contributed by atoms with Crippen molar-refractivity contribution in [3.8, 4) is 0 Å². The molecule has 2 fully saturated rings. The molecule has 6 heteroatoms. The van der Waals surface area contributed by atoms with Gasteiger partial charge in [-0.1, -0.05) is 6.07 Å². The predicted octanol–water partition coefficient (Wildman–Crippen LogP) is 2.51. The third-order valence-corrected chi connectivity index (χ3v) is 4.91. The zero-order chi connectivity index (χ0) is 16.4. The van der Waals surface area contributed by atoms with Gasteiger partial charge in [-0.3, -0.25) is 14.9 Å². The van der Waals surface area contributed by atoms with Crippen molar-refractivity contribution in [1.82, 2.24) is 10.2 Å². The summed E-state index contributed by atoms with van der Waals surface area (Å²) in [5, 5.41) is 14.6. The van der Waals surface area contributed by atoms with Crippen LogP contribution in [-0.4, -0.2) is 41.4 Å². The monoisotopic (exact) mass is 317 g/mol. The van der Waals surface area contributed by atoms with E-state index in [2.05, 4.69) is 5.32 Å². The summed E-state index contributed by atoms with van der Waals surface area (Å²) in [5.41, 5.74) is 0.914. The van der Waals surface area contributed by atoms with Crippen molar-refractivity contribution in [2.75, 3.05) is 19.6 Å². The molecule has 6 nitrogen and oxygen atoms in total. The lowest BCUT2D eigenvalue weighted by atomic mass is 10.0. The van der Waals surface area contributed by atoms with Crippen LogP contribution in [0.15, 0.2) is 18.2 Å². The highest BCUT2D eigenvalue weighted by molar-refractivity contribution is 5.96. The average molecular weight is 317 g/mol. The van der Waals surface area contributed by atoms with Gasteiger partial charge < -0.3 is 10.2 Å². The Balaban J connectivity index is 1.60. The number of carbonyl (C=O) groups excluding carboxylic acids is 1. The number of hydrogen-bond donors (Lipinski definition) is 1. The topological polar surface area (TPSA) is 75.5 Å². The summed E-state index contributed by atoms with van der Waals surface area (Å²) in [6.45, 7) is 4.17.